The Bertz CT molecular complexity index is 867. The van der Waals surface area contributed by atoms with Crippen molar-refractivity contribution >= 4 is 21.6 Å². The topological polar surface area (TPSA) is 75.7 Å². The van der Waals surface area contributed by atoms with E-state index in [2.05, 4.69) is 4.72 Å². The molecule has 0 aromatic heterocycles. The van der Waals surface area contributed by atoms with E-state index < -0.39 is 21.7 Å². The van der Waals surface area contributed by atoms with E-state index in [1.54, 1.807) is 6.92 Å². The van der Waals surface area contributed by atoms with Gasteiger partial charge in [-0.1, -0.05) is 6.92 Å². The molecule has 0 heterocycles. The molecule has 8 heteroatoms. The maximum atomic E-state index is 13.0. The van der Waals surface area contributed by atoms with E-state index in [0.717, 1.165) is 0 Å². The molecule has 25 heavy (non-hydrogen) atoms. The summed E-state index contributed by atoms with van der Waals surface area (Å²) >= 11 is 0. The lowest BCUT2D eigenvalue weighted by atomic mass is 10.1. The molecular formula is C17H19FN2O4S. The molecule has 134 valence electrons. The predicted octanol–water partition coefficient (Wildman–Crippen LogP) is 2.41. The van der Waals surface area contributed by atoms with Crippen molar-refractivity contribution in [3.05, 3.63) is 53.8 Å². The first kappa shape index (κ1) is 18.9. The number of carbonyl (C=O) groups is 1. The molecule has 0 saturated heterocycles. The third kappa shape index (κ3) is 4.15. The molecule has 1 amide bonds. The number of ether oxygens (including phenoxy) is 1. The second-order valence-electron chi connectivity index (χ2n) is 5.21. The molecule has 0 saturated carbocycles. The molecule has 2 aromatic rings. The van der Waals surface area contributed by atoms with E-state index in [-0.39, 0.29) is 22.8 Å². The maximum absolute atomic E-state index is 13.0. The third-order valence-electron chi connectivity index (χ3n) is 3.55. The number of nitrogens with one attached hydrogen (secondary N) is 1. The zero-order valence-electron chi connectivity index (χ0n) is 14.1. The number of amides is 1. The molecule has 0 bridgehead atoms. The summed E-state index contributed by atoms with van der Waals surface area (Å²) in [5.41, 5.74) is 0.655. The highest BCUT2D eigenvalue weighted by atomic mass is 32.2. The van der Waals surface area contributed by atoms with Gasteiger partial charge in [0.15, 0.2) is 0 Å². The van der Waals surface area contributed by atoms with Gasteiger partial charge in [-0.3, -0.25) is 4.79 Å². The van der Waals surface area contributed by atoms with Crippen LogP contribution >= 0.6 is 0 Å². The zero-order valence-corrected chi connectivity index (χ0v) is 14.9. The smallest absolute Gasteiger partial charge is 0.258 e. The Morgan fingerprint density at radius 2 is 1.84 bits per heavy atom. The molecular weight excluding hydrogens is 347 g/mol. The van der Waals surface area contributed by atoms with Gasteiger partial charge in [-0.25, -0.2) is 17.5 Å². The van der Waals surface area contributed by atoms with Crippen LogP contribution in [-0.4, -0.2) is 35.0 Å². The van der Waals surface area contributed by atoms with Crippen molar-refractivity contribution in [2.24, 2.45) is 0 Å². The van der Waals surface area contributed by atoms with Crippen LogP contribution in [0.1, 0.15) is 17.3 Å². The van der Waals surface area contributed by atoms with Crippen molar-refractivity contribution in [2.45, 2.75) is 11.8 Å². The molecule has 0 fully saturated rings. The number of benzene rings is 2. The van der Waals surface area contributed by atoms with E-state index >= 15 is 0 Å². The summed E-state index contributed by atoms with van der Waals surface area (Å²) in [4.78, 5) is 13.8. The lowest BCUT2D eigenvalue weighted by Crippen LogP contribution is -2.27. The van der Waals surface area contributed by atoms with Crippen molar-refractivity contribution in [3.63, 3.8) is 0 Å². The predicted molar refractivity (Wildman–Crippen MR) is 93.0 cm³/mol. The van der Waals surface area contributed by atoms with E-state index in [1.807, 2.05) is 0 Å². The normalized spacial score (nSPS) is 11.2. The van der Waals surface area contributed by atoms with Gasteiger partial charge >= 0.3 is 0 Å². The minimum atomic E-state index is -3.80. The van der Waals surface area contributed by atoms with Crippen molar-refractivity contribution < 1.29 is 22.3 Å². The van der Waals surface area contributed by atoms with Crippen LogP contribution in [0.15, 0.2) is 47.4 Å². The van der Waals surface area contributed by atoms with Crippen LogP contribution in [0.2, 0.25) is 0 Å². The summed E-state index contributed by atoms with van der Waals surface area (Å²) in [5.74, 6) is -0.697. The third-order valence-corrected chi connectivity index (χ3v) is 5.12. The van der Waals surface area contributed by atoms with Crippen LogP contribution in [0.25, 0.3) is 0 Å². The molecule has 6 nitrogen and oxygen atoms in total. The average Bonchev–Trinajstić information content (AvgIpc) is 2.60. The number of hydrogen-bond acceptors (Lipinski definition) is 4. The molecule has 2 rings (SSSR count). The molecule has 0 aliphatic carbocycles. The number of carbonyl (C=O) groups excluding carboxylic acids is 1. The Kier molecular flexibility index (Phi) is 5.76. The summed E-state index contributed by atoms with van der Waals surface area (Å²) in [6.45, 7) is 1.86. The van der Waals surface area contributed by atoms with E-state index in [4.69, 9.17) is 4.74 Å². The monoisotopic (exact) mass is 366 g/mol. The fraction of sp³-hybridized carbons (Fsp3) is 0.235. The first-order chi connectivity index (χ1) is 11.8. The zero-order chi connectivity index (χ0) is 18.6. The molecule has 0 unspecified atom stereocenters. The highest BCUT2D eigenvalue weighted by Crippen LogP contribution is 2.26. The summed E-state index contributed by atoms with van der Waals surface area (Å²) in [6.07, 6.45) is 0. The van der Waals surface area contributed by atoms with Crippen LogP contribution < -0.4 is 14.4 Å². The molecule has 0 radical (unpaired) electrons. The van der Waals surface area contributed by atoms with Gasteiger partial charge in [0, 0.05) is 24.8 Å². The van der Waals surface area contributed by atoms with Crippen LogP contribution in [-0.2, 0) is 10.0 Å². The summed E-state index contributed by atoms with van der Waals surface area (Å²) in [6, 6.07) is 9.59. The second kappa shape index (κ2) is 7.62. The van der Waals surface area contributed by atoms with Gasteiger partial charge in [0.25, 0.3) is 5.91 Å². The number of methoxy groups -OCH3 is 1. The van der Waals surface area contributed by atoms with Gasteiger partial charge in [-0.15, -0.1) is 0 Å². The van der Waals surface area contributed by atoms with E-state index in [1.165, 1.54) is 61.5 Å². The number of sulfonamides is 1. The van der Waals surface area contributed by atoms with Crippen molar-refractivity contribution in [2.75, 3.05) is 25.6 Å². The average molecular weight is 366 g/mol. The Balaban J connectivity index is 2.42. The Labute approximate surface area is 146 Å². The Hall–Kier alpha value is -2.45. The van der Waals surface area contributed by atoms with Crippen LogP contribution in [0.5, 0.6) is 5.75 Å². The molecule has 0 spiro atoms. The highest BCUT2D eigenvalue weighted by molar-refractivity contribution is 7.89. The van der Waals surface area contributed by atoms with Crippen molar-refractivity contribution in [1.29, 1.82) is 0 Å². The molecule has 0 atom stereocenters. The highest BCUT2D eigenvalue weighted by Gasteiger charge is 2.22. The minimum Gasteiger partial charge on any atom is -0.495 e. The number of rotatable bonds is 6. The summed E-state index contributed by atoms with van der Waals surface area (Å²) in [5, 5.41) is 0. The molecule has 0 aliphatic heterocycles. The number of halogens is 1. The fourth-order valence-electron chi connectivity index (χ4n) is 2.26. The van der Waals surface area contributed by atoms with Crippen LogP contribution in [0.3, 0.4) is 0 Å². The number of nitrogens with zero attached hydrogens (tertiary/aromatic N) is 1. The van der Waals surface area contributed by atoms with Gasteiger partial charge in [-0.05, 0) is 42.5 Å². The van der Waals surface area contributed by atoms with Gasteiger partial charge in [-0.2, -0.15) is 0 Å². The van der Waals surface area contributed by atoms with E-state index in [9.17, 15) is 17.6 Å². The van der Waals surface area contributed by atoms with Crippen LogP contribution in [0, 0.1) is 5.82 Å². The van der Waals surface area contributed by atoms with Crippen LogP contribution in [0.4, 0.5) is 10.1 Å². The standard InChI is InChI=1S/C17H19FN2O4S/c1-4-19-25(22,23)16-11-12(5-10-15(16)24-3)17(21)20(2)14-8-6-13(18)7-9-14/h5-11,19H,4H2,1-3H3. The fourth-order valence-corrected chi connectivity index (χ4v) is 3.50. The molecule has 1 N–H and O–H groups in total. The van der Waals surface area contributed by atoms with Crippen molar-refractivity contribution in [3.8, 4) is 5.75 Å². The minimum absolute atomic E-state index is 0.116. The first-order valence-corrected chi connectivity index (χ1v) is 8.99. The summed E-state index contributed by atoms with van der Waals surface area (Å²) < 4.78 is 45.1. The van der Waals surface area contributed by atoms with Gasteiger partial charge in [0.2, 0.25) is 10.0 Å². The number of hydrogen-bond donors (Lipinski definition) is 1. The Morgan fingerprint density at radius 3 is 2.40 bits per heavy atom. The lowest BCUT2D eigenvalue weighted by Gasteiger charge is -2.18. The maximum Gasteiger partial charge on any atom is 0.258 e. The van der Waals surface area contributed by atoms with Gasteiger partial charge in [0.1, 0.15) is 16.5 Å². The number of anilines is 1. The largest absolute Gasteiger partial charge is 0.495 e. The SMILES string of the molecule is CCNS(=O)(=O)c1cc(C(=O)N(C)c2ccc(F)cc2)ccc1OC. The Morgan fingerprint density at radius 1 is 1.20 bits per heavy atom. The van der Waals surface area contributed by atoms with Gasteiger partial charge in [0.05, 0.1) is 7.11 Å². The molecule has 0 aliphatic rings. The first-order valence-electron chi connectivity index (χ1n) is 7.51. The van der Waals surface area contributed by atoms with Gasteiger partial charge < -0.3 is 9.64 Å². The lowest BCUT2D eigenvalue weighted by molar-refractivity contribution is 0.0992. The second-order valence-corrected chi connectivity index (χ2v) is 6.94. The summed E-state index contributed by atoms with van der Waals surface area (Å²) in [7, 11) is -0.921. The van der Waals surface area contributed by atoms with Crippen molar-refractivity contribution in [1.82, 2.24) is 4.72 Å². The van der Waals surface area contributed by atoms with E-state index in [0.29, 0.717) is 5.69 Å². The quantitative estimate of drug-likeness (QED) is 0.852. The molecule has 2 aromatic carbocycles.